The Kier molecular flexibility index (Phi) is 5.15. The number of rotatable bonds is 4. The lowest BCUT2D eigenvalue weighted by Gasteiger charge is -2.22. The van der Waals surface area contributed by atoms with E-state index >= 15 is 0 Å². The van der Waals surface area contributed by atoms with Crippen LogP contribution in [0, 0.1) is 0 Å². The van der Waals surface area contributed by atoms with Gasteiger partial charge in [0.2, 0.25) is 5.91 Å². The molecule has 1 aliphatic heterocycles. The lowest BCUT2D eigenvalue weighted by molar-refractivity contribution is -0.118. The first-order valence-corrected chi connectivity index (χ1v) is 10.2. The molecule has 1 atom stereocenters. The van der Waals surface area contributed by atoms with Crippen LogP contribution in [0.5, 0.6) is 0 Å². The van der Waals surface area contributed by atoms with Crippen LogP contribution in [-0.2, 0) is 17.6 Å². The van der Waals surface area contributed by atoms with E-state index in [0.29, 0.717) is 21.4 Å². The van der Waals surface area contributed by atoms with Gasteiger partial charge in [0.25, 0.3) is 5.91 Å². The summed E-state index contributed by atoms with van der Waals surface area (Å²) in [6, 6.07) is 14.8. The summed E-state index contributed by atoms with van der Waals surface area (Å²) in [4.78, 5) is 31.4. The van der Waals surface area contributed by atoms with Crippen LogP contribution in [0.2, 0.25) is 5.02 Å². The van der Waals surface area contributed by atoms with Gasteiger partial charge in [0.1, 0.15) is 0 Å². The van der Waals surface area contributed by atoms with Gasteiger partial charge in [-0.2, -0.15) is 0 Å². The predicted octanol–water partition coefficient (Wildman–Crippen LogP) is 4.57. The normalized spacial score (nSPS) is 15.4. The van der Waals surface area contributed by atoms with Crippen LogP contribution in [-0.4, -0.2) is 22.8 Å². The minimum absolute atomic E-state index is 0.0123. The standard InChI is InChI=1S/C21H18ClN3O2S/c1-13-10-15-4-2-3-5-18(15)25(13)19(26)11-17-12-28-21(23-17)24-20(27)14-6-8-16(22)9-7-14/h2-9,12-13H,10-11H2,1H3,(H,23,24,27)/t13-/m1/s1. The van der Waals surface area contributed by atoms with Gasteiger partial charge in [0, 0.05) is 27.7 Å². The van der Waals surface area contributed by atoms with Crippen molar-refractivity contribution in [2.24, 2.45) is 0 Å². The van der Waals surface area contributed by atoms with Crippen LogP contribution in [0.3, 0.4) is 0 Å². The number of thiazole rings is 1. The molecule has 1 aromatic heterocycles. The van der Waals surface area contributed by atoms with E-state index in [0.717, 1.165) is 12.1 Å². The molecule has 0 saturated heterocycles. The number of nitrogens with zero attached hydrogens (tertiary/aromatic N) is 2. The van der Waals surface area contributed by atoms with Crippen LogP contribution in [0.4, 0.5) is 10.8 Å². The Morgan fingerprint density at radius 2 is 1.96 bits per heavy atom. The number of halogens is 1. The molecule has 0 radical (unpaired) electrons. The molecule has 7 heteroatoms. The predicted molar refractivity (Wildman–Crippen MR) is 112 cm³/mol. The fraction of sp³-hybridized carbons (Fsp3) is 0.190. The van der Waals surface area contributed by atoms with Gasteiger partial charge >= 0.3 is 0 Å². The zero-order chi connectivity index (χ0) is 19.7. The van der Waals surface area contributed by atoms with Gasteiger partial charge in [0.05, 0.1) is 12.1 Å². The number of hydrogen-bond donors (Lipinski definition) is 1. The first-order valence-electron chi connectivity index (χ1n) is 8.92. The van der Waals surface area contributed by atoms with Crippen molar-refractivity contribution in [3.63, 3.8) is 0 Å². The number of carbonyl (C=O) groups is 2. The number of anilines is 2. The Hall–Kier alpha value is -2.70. The third-order valence-corrected chi connectivity index (χ3v) is 5.75. The highest BCUT2D eigenvalue weighted by Crippen LogP contribution is 2.32. The van der Waals surface area contributed by atoms with Crippen molar-refractivity contribution in [1.29, 1.82) is 0 Å². The van der Waals surface area contributed by atoms with Crippen molar-refractivity contribution in [2.45, 2.75) is 25.8 Å². The first-order chi connectivity index (χ1) is 13.5. The number of para-hydroxylation sites is 1. The number of amides is 2. The summed E-state index contributed by atoms with van der Waals surface area (Å²) < 4.78 is 0. The second-order valence-electron chi connectivity index (χ2n) is 6.73. The number of fused-ring (bicyclic) bond motifs is 1. The fourth-order valence-corrected chi connectivity index (χ4v) is 4.23. The maximum atomic E-state index is 12.9. The Morgan fingerprint density at radius 3 is 2.75 bits per heavy atom. The molecule has 0 aliphatic carbocycles. The van der Waals surface area contributed by atoms with Gasteiger partial charge < -0.3 is 4.90 Å². The van der Waals surface area contributed by atoms with Crippen molar-refractivity contribution in [3.8, 4) is 0 Å². The molecule has 0 bridgehead atoms. The molecule has 1 aliphatic rings. The van der Waals surface area contributed by atoms with E-state index in [2.05, 4.69) is 23.3 Å². The van der Waals surface area contributed by atoms with Gasteiger partial charge in [-0.15, -0.1) is 11.3 Å². The van der Waals surface area contributed by atoms with Crippen molar-refractivity contribution < 1.29 is 9.59 Å². The molecule has 142 valence electrons. The Balaban J connectivity index is 1.43. The molecule has 2 aromatic carbocycles. The maximum Gasteiger partial charge on any atom is 0.257 e. The third-order valence-electron chi connectivity index (χ3n) is 4.69. The van der Waals surface area contributed by atoms with E-state index in [-0.39, 0.29) is 24.3 Å². The van der Waals surface area contributed by atoms with E-state index < -0.39 is 0 Å². The summed E-state index contributed by atoms with van der Waals surface area (Å²) >= 11 is 7.15. The van der Waals surface area contributed by atoms with Crippen LogP contribution >= 0.6 is 22.9 Å². The topological polar surface area (TPSA) is 62.3 Å². The first kappa shape index (κ1) is 18.7. The molecule has 28 heavy (non-hydrogen) atoms. The average molecular weight is 412 g/mol. The molecule has 3 aromatic rings. The molecular weight excluding hydrogens is 394 g/mol. The zero-order valence-electron chi connectivity index (χ0n) is 15.2. The Bertz CT molecular complexity index is 1030. The number of benzene rings is 2. The molecule has 0 fully saturated rings. The molecule has 2 amide bonds. The largest absolute Gasteiger partial charge is 0.309 e. The summed E-state index contributed by atoms with van der Waals surface area (Å²) in [6.45, 7) is 2.05. The molecule has 0 saturated carbocycles. The van der Waals surface area contributed by atoms with Gasteiger partial charge in [0.15, 0.2) is 5.13 Å². The number of carbonyl (C=O) groups excluding carboxylic acids is 2. The molecule has 0 unspecified atom stereocenters. The van der Waals surface area contributed by atoms with E-state index in [1.54, 1.807) is 24.3 Å². The summed E-state index contributed by atoms with van der Waals surface area (Å²) in [5, 5.41) is 5.62. The number of nitrogens with one attached hydrogen (secondary N) is 1. The SMILES string of the molecule is C[C@@H]1Cc2ccccc2N1C(=O)Cc1csc(NC(=O)c2ccc(Cl)cc2)n1. The molecular formula is C21H18ClN3O2S. The minimum atomic E-state index is -0.258. The quantitative estimate of drug-likeness (QED) is 0.684. The van der Waals surface area contributed by atoms with Crippen molar-refractivity contribution in [3.05, 3.63) is 75.8 Å². The lowest BCUT2D eigenvalue weighted by atomic mass is 10.1. The van der Waals surface area contributed by atoms with Crippen LogP contribution < -0.4 is 10.2 Å². The molecule has 1 N–H and O–H groups in total. The van der Waals surface area contributed by atoms with Crippen LogP contribution in [0.25, 0.3) is 0 Å². The highest BCUT2D eigenvalue weighted by Gasteiger charge is 2.30. The van der Waals surface area contributed by atoms with Gasteiger partial charge in [-0.3, -0.25) is 14.9 Å². The maximum absolute atomic E-state index is 12.9. The van der Waals surface area contributed by atoms with E-state index in [1.807, 2.05) is 28.5 Å². The summed E-state index contributed by atoms with van der Waals surface area (Å²) in [6.07, 6.45) is 1.06. The van der Waals surface area contributed by atoms with Gasteiger partial charge in [-0.25, -0.2) is 4.98 Å². The highest BCUT2D eigenvalue weighted by molar-refractivity contribution is 7.14. The number of aromatic nitrogens is 1. The van der Waals surface area contributed by atoms with E-state index in [4.69, 9.17) is 11.6 Å². The molecule has 4 rings (SSSR count). The summed E-state index contributed by atoms with van der Waals surface area (Å²) in [5.74, 6) is -0.246. The van der Waals surface area contributed by atoms with Gasteiger partial charge in [-0.05, 0) is 49.2 Å². The summed E-state index contributed by atoms with van der Waals surface area (Å²) in [5.41, 5.74) is 3.32. The van der Waals surface area contributed by atoms with Gasteiger partial charge in [-0.1, -0.05) is 29.8 Å². The fourth-order valence-electron chi connectivity index (χ4n) is 3.40. The van der Waals surface area contributed by atoms with Crippen molar-refractivity contribution in [2.75, 3.05) is 10.2 Å². The lowest BCUT2D eigenvalue weighted by Crippen LogP contribution is -2.36. The summed E-state index contributed by atoms with van der Waals surface area (Å²) in [7, 11) is 0. The monoisotopic (exact) mass is 411 g/mol. The van der Waals surface area contributed by atoms with Crippen LogP contribution in [0.15, 0.2) is 53.9 Å². The van der Waals surface area contributed by atoms with Crippen molar-refractivity contribution in [1.82, 2.24) is 4.98 Å². The highest BCUT2D eigenvalue weighted by atomic mass is 35.5. The van der Waals surface area contributed by atoms with Crippen molar-refractivity contribution >= 4 is 45.6 Å². The Morgan fingerprint density at radius 1 is 1.21 bits per heavy atom. The van der Waals surface area contributed by atoms with E-state index in [1.165, 1.54) is 16.9 Å². The molecule has 0 spiro atoms. The van der Waals surface area contributed by atoms with E-state index in [9.17, 15) is 9.59 Å². The minimum Gasteiger partial charge on any atom is -0.309 e. The second-order valence-corrected chi connectivity index (χ2v) is 8.02. The molecule has 2 heterocycles. The Labute approximate surface area is 172 Å². The zero-order valence-corrected chi connectivity index (χ0v) is 16.8. The number of hydrogen-bond acceptors (Lipinski definition) is 4. The smallest absolute Gasteiger partial charge is 0.257 e. The molecule has 5 nitrogen and oxygen atoms in total. The second kappa shape index (κ2) is 7.73. The van der Waals surface area contributed by atoms with Crippen LogP contribution in [0.1, 0.15) is 28.5 Å². The third kappa shape index (κ3) is 3.79. The average Bonchev–Trinajstić information content (AvgIpc) is 3.24.